The lowest BCUT2D eigenvalue weighted by atomic mass is 9.98. The second-order valence-electron chi connectivity index (χ2n) is 5.68. The topological polar surface area (TPSA) is 36.1 Å². The van der Waals surface area contributed by atoms with Gasteiger partial charge in [-0.2, -0.15) is 0 Å². The molecule has 0 saturated carbocycles. The van der Waals surface area contributed by atoms with Crippen LogP contribution < -0.4 is 16.2 Å². The van der Waals surface area contributed by atoms with Gasteiger partial charge in [-0.15, -0.1) is 0 Å². The first-order valence-corrected chi connectivity index (χ1v) is 6.88. The number of hydrogen-bond acceptors (Lipinski definition) is 3. The molecule has 3 nitrogen and oxygen atoms in total. The Morgan fingerprint density at radius 1 is 1.22 bits per heavy atom. The first-order chi connectivity index (χ1) is 8.56. The molecule has 100 valence electrons. The van der Waals surface area contributed by atoms with Crippen molar-refractivity contribution < 1.29 is 0 Å². The summed E-state index contributed by atoms with van der Waals surface area (Å²) in [5.74, 6) is 0. The van der Waals surface area contributed by atoms with E-state index in [9.17, 15) is 0 Å². The highest BCUT2D eigenvalue weighted by atomic mass is 15.4. The quantitative estimate of drug-likeness (QED) is 0.763. The van der Waals surface area contributed by atoms with E-state index in [-0.39, 0.29) is 0 Å². The summed E-state index contributed by atoms with van der Waals surface area (Å²) in [5, 5.41) is 3.48. The number of benzene rings is 1. The van der Waals surface area contributed by atoms with Gasteiger partial charge in [0.05, 0.1) is 0 Å². The second kappa shape index (κ2) is 5.83. The summed E-state index contributed by atoms with van der Waals surface area (Å²) in [7, 11) is 0. The van der Waals surface area contributed by atoms with Gasteiger partial charge in [0.25, 0.3) is 0 Å². The van der Waals surface area contributed by atoms with Crippen molar-refractivity contribution in [1.82, 2.24) is 16.2 Å². The molecule has 1 fully saturated rings. The molecule has 1 aromatic carbocycles. The Hall–Kier alpha value is -0.900. The first kappa shape index (κ1) is 13.5. The Kier molecular flexibility index (Phi) is 4.38. The fourth-order valence-corrected chi connectivity index (χ4v) is 2.33. The van der Waals surface area contributed by atoms with Crippen LogP contribution in [0.2, 0.25) is 0 Å². The van der Waals surface area contributed by atoms with E-state index < -0.39 is 0 Å². The molecule has 2 rings (SSSR count). The molecule has 2 unspecified atom stereocenters. The Morgan fingerprint density at radius 2 is 2.00 bits per heavy atom. The molecule has 3 heteroatoms. The number of hydrogen-bond donors (Lipinski definition) is 3. The van der Waals surface area contributed by atoms with Crippen LogP contribution in [0.5, 0.6) is 0 Å². The maximum Gasteiger partial charge on any atom is 0.0478 e. The average molecular weight is 247 g/mol. The minimum Gasteiger partial charge on any atom is -0.313 e. The summed E-state index contributed by atoms with van der Waals surface area (Å²) >= 11 is 0. The van der Waals surface area contributed by atoms with Crippen molar-refractivity contribution in [2.24, 2.45) is 0 Å². The lowest BCUT2D eigenvalue weighted by molar-refractivity contribution is 0.478. The maximum absolute atomic E-state index is 3.48. The number of nitrogens with one attached hydrogen (secondary N) is 3. The molecule has 3 N–H and O–H groups in total. The highest BCUT2D eigenvalue weighted by molar-refractivity contribution is 5.32. The normalized spacial score (nSPS) is 23.8. The lowest BCUT2D eigenvalue weighted by Crippen LogP contribution is -2.40. The third-order valence-electron chi connectivity index (χ3n) is 3.69. The van der Waals surface area contributed by atoms with Gasteiger partial charge in [0, 0.05) is 24.7 Å². The van der Waals surface area contributed by atoms with Gasteiger partial charge in [-0.3, -0.25) is 5.43 Å². The molecule has 0 bridgehead atoms. The third kappa shape index (κ3) is 3.31. The monoisotopic (exact) mass is 247 g/mol. The average Bonchev–Trinajstić information content (AvgIpc) is 2.79. The Labute approximate surface area is 110 Å². The molecular formula is C15H25N3. The van der Waals surface area contributed by atoms with E-state index in [1.807, 2.05) is 0 Å². The molecule has 1 aliphatic rings. The van der Waals surface area contributed by atoms with Crippen LogP contribution in [-0.2, 0) is 0 Å². The van der Waals surface area contributed by atoms with Crippen LogP contribution in [0.25, 0.3) is 0 Å². The van der Waals surface area contributed by atoms with Crippen LogP contribution in [0.1, 0.15) is 43.0 Å². The summed E-state index contributed by atoms with van der Waals surface area (Å²) in [6.07, 6.45) is 1.14. The molecule has 1 aliphatic heterocycles. The molecule has 0 aliphatic carbocycles. The first-order valence-electron chi connectivity index (χ1n) is 6.88. The zero-order valence-electron chi connectivity index (χ0n) is 11.9. The highest BCUT2D eigenvalue weighted by Crippen LogP contribution is 2.23. The minimum atomic E-state index is 0.434. The molecule has 2 atom stereocenters. The predicted molar refractivity (Wildman–Crippen MR) is 76.5 cm³/mol. The van der Waals surface area contributed by atoms with E-state index in [1.165, 1.54) is 16.7 Å². The van der Waals surface area contributed by atoms with Gasteiger partial charge in [0.15, 0.2) is 0 Å². The molecular weight excluding hydrogens is 222 g/mol. The van der Waals surface area contributed by atoms with E-state index >= 15 is 0 Å². The molecule has 18 heavy (non-hydrogen) atoms. The zero-order valence-corrected chi connectivity index (χ0v) is 11.9. The van der Waals surface area contributed by atoms with Crippen LogP contribution in [-0.4, -0.2) is 18.6 Å². The second-order valence-corrected chi connectivity index (χ2v) is 5.68. The van der Waals surface area contributed by atoms with Gasteiger partial charge in [0.1, 0.15) is 0 Å². The predicted octanol–water partition coefficient (Wildman–Crippen LogP) is 2.21. The van der Waals surface area contributed by atoms with Gasteiger partial charge < -0.3 is 5.32 Å². The van der Waals surface area contributed by atoms with Crippen LogP contribution in [0.4, 0.5) is 0 Å². The van der Waals surface area contributed by atoms with Crippen molar-refractivity contribution in [1.29, 1.82) is 0 Å². The van der Waals surface area contributed by atoms with Gasteiger partial charge in [-0.05, 0) is 37.0 Å². The molecule has 0 spiro atoms. The van der Waals surface area contributed by atoms with Crippen LogP contribution in [0.3, 0.4) is 0 Å². The van der Waals surface area contributed by atoms with E-state index in [1.54, 1.807) is 0 Å². The molecule has 1 aromatic rings. The van der Waals surface area contributed by atoms with Crippen molar-refractivity contribution in [3.8, 4) is 0 Å². The molecule has 1 saturated heterocycles. The number of aryl methyl sites for hydroxylation is 2. The van der Waals surface area contributed by atoms with E-state index in [4.69, 9.17) is 0 Å². The largest absolute Gasteiger partial charge is 0.313 e. The van der Waals surface area contributed by atoms with E-state index in [0.29, 0.717) is 18.1 Å². The van der Waals surface area contributed by atoms with Gasteiger partial charge in [0.2, 0.25) is 0 Å². The van der Waals surface area contributed by atoms with Crippen LogP contribution in [0, 0.1) is 13.8 Å². The molecule has 0 amide bonds. The van der Waals surface area contributed by atoms with Crippen molar-refractivity contribution in [3.63, 3.8) is 0 Å². The summed E-state index contributed by atoms with van der Waals surface area (Å²) in [5.41, 5.74) is 10.9. The SMILES string of the molecule is Cc1ccc(C2CC(CNC(C)C)NN2)cc1C. The maximum atomic E-state index is 3.48. The summed E-state index contributed by atoms with van der Waals surface area (Å²) < 4.78 is 0. The van der Waals surface area contributed by atoms with Gasteiger partial charge in [-0.1, -0.05) is 32.0 Å². The summed E-state index contributed by atoms with van der Waals surface area (Å²) in [6, 6.07) is 8.24. The van der Waals surface area contributed by atoms with E-state index in [0.717, 1.165) is 13.0 Å². The Bertz CT molecular complexity index is 401. The van der Waals surface area contributed by atoms with Crippen molar-refractivity contribution >= 4 is 0 Å². The van der Waals surface area contributed by atoms with Crippen molar-refractivity contribution in [3.05, 3.63) is 34.9 Å². The fraction of sp³-hybridized carbons (Fsp3) is 0.600. The van der Waals surface area contributed by atoms with Crippen molar-refractivity contribution in [2.75, 3.05) is 6.54 Å². The third-order valence-corrected chi connectivity index (χ3v) is 3.69. The molecule has 1 heterocycles. The molecule has 0 radical (unpaired) electrons. The standard InChI is InChI=1S/C15H25N3/c1-10(2)16-9-14-8-15(18-17-14)13-6-5-11(3)12(4)7-13/h5-7,10,14-18H,8-9H2,1-4H3. The fourth-order valence-electron chi connectivity index (χ4n) is 2.33. The lowest BCUT2D eigenvalue weighted by Gasteiger charge is -2.13. The van der Waals surface area contributed by atoms with Gasteiger partial charge in [-0.25, -0.2) is 5.43 Å². The summed E-state index contributed by atoms with van der Waals surface area (Å²) in [6.45, 7) is 9.73. The van der Waals surface area contributed by atoms with E-state index in [2.05, 4.69) is 62.1 Å². The zero-order chi connectivity index (χ0) is 13.1. The summed E-state index contributed by atoms with van der Waals surface area (Å²) in [4.78, 5) is 0. The number of rotatable bonds is 4. The Morgan fingerprint density at radius 3 is 2.67 bits per heavy atom. The van der Waals surface area contributed by atoms with Crippen LogP contribution in [0.15, 0.2) is 18.2 Å². The van der Waals surface area contributed by atoms with Crippen LogP contribution >= 0.6 is 0 Å². The highest BCUT2D eigenvalue weighted by Gasteiger charge is 2.24. The van der Waals surface area contributed by atoms with Crippen molar-refractivity contribution in [2.45, 2.75) is 52.2 Å². The molecule has 0 aromatic heterocycles. The smallest absolute Gasteiger partial charge is 0.0478 e. The number of hydrazine groups is 1. The van der Waals surface area contributed by atoms with Gasteiger partial charge >= 0.3 is 0 Å². The Balaban J connectivity index is 1.93. The minimum absolute atomic E-state index is 0.434.